The standard InChI is InChI=1S/C37H42N2O6S/c40-22-21-38-37(46)39-36-35(44-26-31-19-11-4-12-20-31)34(43-25-30-17-9-3-10-18-30)33(42-24-29-15-7-2-8-16-29)32(45-36)27-41-23-28-13-5-1-6-14-28/h1-20,32-36,40H,21-27H2,(H2,38,39,46)/t32-,33-,34+,35-,36+/m1/s1. The number of nitrogens with one attached hydrogen (secondary N) is 2. The van der Waals surface area contributed by atoms with Crippen LogP contribution in [0.1, 0.15) is 22.3 Å². The van der Waals surface area contributed by atoms with Gasteiger partial charge >= 0.3 is 0 Å². The molecule has 8 nitrogen and oxygen atoms in total. The normalized spacial score (nSPS) is 21.0. The Kier molecular flexibility index (Phi) is 13.5. The van der Waals surface area contributed by atoms with Gasteiger partial charge in [-0.1, -0.05) is 121 Å². The molecule has 1 saturated heterocycles. The van der Waals surface area contributed by atoms with Crippen LogP contribution in [0.3, 0.4) is 0 Å². The Morgan fingerprint density at radius 1 is 0.609 bits per heavy atom. The number of ether oxygens (including phenoxy) is 5. The van der Waals surface area contributed by atoms with Crippen LogP contribution in [0.25, 0.3) is 0 Å². The Morgan fingerprint density at radius 3 is 1.52 bits per heavy atom. The first-order valence-corrected chi connectivity index (χ1v) is 16.0. The van der Waals surface area contributed by atoms with Crippen LogP contribution in [0.5, 0.6) is 0 Å². The molecule has 0 saturated carbocycles. The smallest absolute Gasteiger partial charge is 0.168 e. The molecule has 1 heterocycles. The van der Waals surface area contributed by atoms with Crippen LogP contribution < -0.4 is 10.6 Å². The highest BCUT2D eigenvalue weighted by Crippen LogP contribution is 2.30. The van der Waals surface area contributed by atoms with E-state index >= 15 is 0 Å². The number of hydrogen-bond donors (Lipinski definition) is 3. The first-order valence-electron chi connectivity index (χ1n) is 15.6. The molecule has 0 bridgehead atoms. The minimum absolute atomic E-state index is 0.0601. The third-order valence-corrected chi connectivity index (χ3v) is 7.82. The van der Waals surface area contributed by atoms with Gasteiger partial charge in [0, 0.05) is 6.54 Å². The lowest BCUT2D eigenvalue weighted by molar-refractivity contribution is -0.275. The molecule has 1 fully saturated rings. The van der Waals surface area contributed by atoms with Gasteiger partial charge in [0.2, 0.25) is 0 Å². The van der Waals surface area contributed by atoms with Crippen LogP contribution in [-0.2, 0) is 50.1 Å². The van der Waals surface area contributed by atoms with E-state index in [1.807, 2.05) is 121 Å². The average Bonchev–Trinajstić information content (AvgIpc) is 3.10. The number of thiocarbonyl (C=S) groups is 1. The van der Waals surface area contributed by atoms with Crippen molar-refractivity contribution in [2.45, 2.75) is 57.1 Å². The quantitative estimate of drug-likeness (QED) is 0.144. The summed E-state index contributed by atoms with van der Waals surface area (Å²) in [6.07, 6.45) is -2.96. The topological polar surface area (TPSA) is 90.4 Å². The second-order valence-electron chi connectivity index (χ2n) is 11.0. The zero-order valence-electron chi connectivity index (χ0n) is 25.8. The van der Waals surface area contributed by atoms with E-state index in [2.05, 4.69) is 10.6 Å². The molecule has 0 unspecified atom stereocenters. The first kappa shape index (κ1) is 33.7. The highest BCUT2D eigenvalue weighted by Gasteiger charge is 2.48. The molecule has 4 aromatic rings. The van der Waals surface area contributed by atoms with Gasteiger partial charge in [-0.15, -0.1) is 0 Å². The van der Waals surface area contributed by atoms with Crippen molar-refractivity contribution in [3.63, 3.8) is 0 Å². The van der Waals surface area contributed by atoms with Gasteiger partial charge < -0.3 is 39.4 Å². The van der Waals surface area contributed by atoms with Gasteiger partial charge in [-0.2, -0.15) is 0 Å². The number of rotatable bonds is 16. The molecule has 5 rings (SSSR count). The molecule has 46 heavy (non-hydrogen) atoms. The lowest BCUT2D eigenvalue weighted by atomic mass is 9.97. The van der Waals surface area contributed by atoms with Crippen molar-refractivity contribution in [3.05, 3.63) is 144 Å². The second-order valence-corrected chi connectivity index (χ2v) is 11.4. The fourth-order valence-electron chi connectivity index (χ4n) is 5.26. The van der Waals surface area contributed by atoms with Crippen LogP contribution in [0.4, 0.5) is 0 Å². The number of benzene rings is 4. The highest BCUT2D eigenvalue weighted by atomic mass is 32.1. The molecule has 0 radical (unpaired) electrons. The van der Waals surface area contributed by atoms with Crippen LogP contribution >= 0.6 is 12.2 Å². The average molecular weight is 643 g/mol. The molecule has 1 aliphatic heterocycles. The third kappa shape index (κ3) is 10.4. The minimum atomic E-state index is -0.704. The van der Waals surface area contributed by atoms with Gasteiger partial charge in [-0.25, -0.2) is 0 Å². The first-order chi connectivity index (χ1) is 22.7. The van der Waals surface area contributed by atoms with Gasteiger partial charge in [0.15, 0.2) is 11.3 Å². The number of aliphatic hydroxyl groups excluding tert-OH is 1. The van der Waals surface area contributed by atoms with E-state index in [4.69, 9.17) is 35.9 Å². The Balaban J connectivity index is 1.44. The summed E-state index contributed by atoms with van der Waals surface area (Å²) >= 11 is 5.57. The summed E-state index contributed by atoms with van der Waals surface area (Å²) in [5, 5.41) is 16.0. The molecule has 4 aromatic carbocycles. The summed E-state index contributed by atoms with van der Waals surface area (Å²) in [5.74, 6) is 0. The molecule has 0 amide bonds. The minimum Gasteiger partial charge on any atom is -0.395 e. The fourth-order valence-corrected chi connectivity index (χ4v) is 5.47. The predicted octanol–water partition coefficient (Wildman–Crippen LogP) is 5.14. The highest BCUT2D eigenvalue weighted by molar-refractivity contribution is 7.80. The van der Waals surface area contributed by atoms with Crippen molar-refractivity contribution in [1.29, 1.82) is 0 Å². The largest absolute Gasteiger partial charge is 0.395 e. The van der Waals surface area contributed by atoms with Crippen molar-refractivity contribution in [2.75, 3.05) is 19.8 Å². The maximum Gasteiger partial charge on any atom is 0.168 e. The van der Waals surface area contributed by atoms with Crippen LogP contribution in [0.15, 0.2) is 121 Å². The Labute approximate surface area is 276 Å². The summed E-state index contributed by atoms with van der Waals surface area (Å²) in [4.78, 5) is 0. The van der Waals surface area contributed by atoms with Gasteiger partial charge in [0.25, 0.3) is 0 Å². The Hall–Kier alpha value is -3.67. The summed E-state index contributed by atoms with van der Waals surface area (Å²) in [5.41, 5.74) is 4.13. The lowest BCUT2D eigenvalue weighted by Gasteiger charge is -2.46. The molecular formula is C37H42N2O6S. The maximum atomic E-state index is 9.37. The molecule has 0 spiro atoms. The third-order valence-electron chi connectivity index (χ3n) is 7.55. The van der Waals surface area contributed by atoms with Crippen molar-refractivity contribution < 1.29 is 28.8 Å². The molecule has 3 N–H and O–H groups in total. The zero-order chi connectivity index (χ0) is 31.8. The van der Waals surface area contributed by atoms with Crippen molar-refractivity contribution >= 4 is 17.3 Å². The van der Waals surface area contributed by atoms with E-state index in [-0.39, 0.29) is 13.2 Å². The summed E-state index contributed by atoms with van der Waals surface area (Å²) in [6.45, 7) is 1.94. The summed E-state index contributed by atoms with van der Waals surface area (Å²) < 4.78 is 32.9. The SMILES string of the molecule is OCCNC(=S)N[C@H]1O[C@H](COCc2ccccc2)[C@@H](OCc2ccccc2)[C@H](OCc2ccccc2)[C@H]1OCc1ccccc1. The monoisotopic (exact) mass is 642 g/mol. The van der Waals surface area contributed by atoms with E-state index in [9.17, 15) is 5.11 Å². The molecule has 0 aromatic heterocycles. The predicted molar refractivity (Wildman–Crippen MR) is 181 cm³/mol. The van der Waals surface area contributed by atoms with Gasteiger partial charge in [-0.05, 0) is 34.5 Å². The summed E-state index contributed by atoms with van der Waals surface area (Å²) in [7, 11) is 0. The van der Waals surface area contributed by atoms with E-state index in [0.717, 1.165) is 22.3 Å². The van der Waals surface area contributed by atoms with Crippen molar-refractivity contribution in [1.82, 2.24) is 10.6 Å². The van der Waals surface area contributed by atoms with Gasteiger partial charge in [0.05, 0.1) is 39.6 Å². The second kappa shape index (κ2) is 18.5. The van der Waals surface area contributed by atoms with Crippen molar-refractivity contribution in [3.8, 4) is 0 Å². The van der Waals surface area contributed by atoms with Gasteiger partial charge in [-0.3, -0.25) is 0 Å². The molecule has 5 atom stereocenters. The molecule has 9 heteroatoms. The van der Waals surface area contributed by atoms with Gasteiger partial charge in [0.1, 0.15) is 24.4 Å². The fraction of sp³-hybridized carbons (Fsp3) is 0.324. The van der Waals surface area contributed by atoms with Crippen LogP contribution in [0, 0.1) is 0 Å². The number of aliphatic hydroxyl groups is 1. The summed E-state index contributed by atoms with van der Waals surface area (Å²) in [6, 6.07) is 40.0. The van der Waals surface area contributed by atoms with E-state index in [0.29, 0.717) is 38.1 Å². The zero-order valence-corrected chi connectivity index (χ0v) is 26.6. The van der Waals surface area contributed by atoms with Crippen molar-refractivity contribution in [2.24, 2.45) is 0 Å². The van der Waals surface area contributed by atoms with Crippen LogP contribution in [-0.4, -0.2) is 60.6 Å². The Morgan fingerprint density at radius 2 is 1.04 bits per heavy atom. The molecule has 0 aliphatic carbocycles. The van der Waals surface area contributed by atoms with Crippen LogP contribution in [0.2, 0.25) is 0 Å². The maximum absolute atomic E-state index is 9.37. The van der Waals surface area contributed by atoms with E-state index in [1.165, 1.54) is 0 Å². The lowest BCUT2D eigenvalue weighted by Crippen LogP contribution is -2.66. The molecular weight excluding hydrogens is 600 g/mol. The molecule has 1 aliphatic rings. The van der Waals surface area contributed by atoms with E-state index < -0.39 is 30.6 Å². The van der Waals surface area contributed by atoms with E-state index in [1.54, 1.807) is 0 Å². The Bertz CT molecular complexity index is 1420. The number of hydrogen-bond acceptors (Lipinski definition) is 7. The molecule has 242 valence electrons.